The van der Waals surface area contributed by atoms with Gasteiger partial charge in [-0.15, -0.1) is 0 Å². The van der Waals surface area contributed by atoms with Crippen LogP contribution in [0, 0.1) is 0 Å². The number of hydrogen-bond acceptors (Lipinski definition) is 6. The molecule has 2 aromatic carbocycles. The van der Waals surface area contributed by atoms with Gasteiger partial charge in [0, 0.05) is 23.7 Å². The van der Waals surface area contributed by atoms with Gasteiger partial charge in [-0.2, -0.15) is 4.98 Å². The highest BCUT2D eigenvalue weighted by Crippen LogP contribution is 2.30. The predicted molar refractivity (Wildman–Crippen MR) is 110 cm³/mol. The lowest BCUT2D eigenvalue weighted by Crippen LogP contribution is -2.54. The van der Waals surface area contributed by atoms with Gasteiger partial charge in [-0.05, 0) is 43.3 Å². The lowest BCUT2D eigenvalue weighted by atomic mass is 10.2. The van der Waals surface area contributed by atoms with Gasteiger partial charge in [0.05, 0.1) is 12.3 Å². The van der Waals surface area contributed by atoms with Crippen molar-refractivity contribution < 1.29 is 18.8 Å². The van der Waals surface area contributed by atoms with Crippen molar-refractivity contribution in [3.63, 3.8) is 0 Å². The molecular weight excluding hydrogens is 408 g/mol. The third-order valence-electron chi connectivity index (χ3n) is 4.66. The number of hydrogen-bond donors (Lipinski definition) is 0. The Hall–Kier alpha value is -3.39. The number of carbonyl (C=O) groups is 2. The quantitative estimate of drug-likeness (QED) is 0.562. The number of nitrogens with zero attached hydrogens (tertiary/aromatic N) is 4. The van der Waals surface area contributed by atoms with E-state index in [-0.39, 0.29) is 12.4 Å². The van der Waals surface area contributed by atoms with Gasteiger partial charge in [-0.1, -0.05) is 28.9 Å². The highest BCUT2D eigenvalue weighted by Gasteiger charge is 2.35. The smallest absolute Gasteiger partial charge is 0.316 e. The van der Waals surface area contributed by atoms with Gasteiger partial charge in [0.1, 0.15) is 12.3 Å². The molecule has 30 heavy (non-hydrogen) atoms. The topological polar surface area (TPSA) is 88.8 Å². The average Bonchev–Trinajstić information content (AvgIpc) is 3.22. The Morgan fingerprint density at radius 3 is 2.60 bits per heavy atom. The Bertz CT molecular complexity index is 1070. The summed E-state index contributed by atoms with van der Waals surface area (Å²) in [6, 6.07) is 14.2. The van der Waals surface area contributed by atoms with Crippen molar-refractivity contribution in [2.45, 2.75) is 13.5 Å². The third-order valence-corrected chi connectivity index (χ3v) is 4.91. The van der Waals surface area contributed by atoms with E-state index in [0.717, 1.165) is 5.56 Å². The van der Waals surface area contributed by atoms with Crippen LogP contribution in [0.25, 0.3) is 11.4 Å². The summed E-state index contributed by atoms with van der Waals surface area (Å²) in [5.74, 6) is -0.0299. The number of carbonyl (C=O) groups excluding carboxylic acids is 2. The average molecular weight is 427 g/mol. The summed E-state index contributed by atoms with van der Waals surface area (Å²) in [5, 5.41) is 4.55. The fourth-order valence-electron chi connectivity index (χ4n) is 3.21. The first-order chi connectivity index (χ1) is 14.6. The van der Waals surface area contributed by atoms with Crippen LogP contribution in [0.5, 0.6) is 5.75 Å². The summed E-state index contributed by atoms with van der Waals surface area (Å²) in [6.07, 6.45) is 0. The molecule has 1 aromatic heterocycles. The molecule has 0 unspecified atom stereocenters. The Labute approximate surface area is 178 Å². The summed E-state index contributed by atoms with van der Waals surface area (Å²) in [5.41, 5.74) is 1.33. The zero-order valence-corrected chi connectivity index (χ0v) is 17.0. The molecule has 1 aliphatic rings. The number of rotatable bonds is 6. The molecule has 1 aliphatic heterocycles. The van der Waals surface area contributed by atoms with Gasteiger partial charge in [0.15, 0.2) is 0 Å². The minimum atomic E-state index is -0.626. The molecule has 154 valence electrons. The number of benzene rings is 2. The maximum Gasteiger partial charge on any atom is 0.316 e. The molecule has 8 nitrogen and oxygen atoms in total. The van der Waals surface area contributed by atoms with E-state index in [2.05, 4.69) is 10.1 Å². The van der Waals surface area contributed by atoms with Crippen molar-refractivity contribution in [1.29, 1.82) is 0 Å². The molecule has 1 saturated heterocycles. The maximum atomic E-state index is 12.7. The fourth-order valence-corrected chi connectivity index (χ4v) is 3.34. The van der Waals surface area contributed by atoms with Crippen molar-refractivity contribution in [3.8, 4) is 17.1 Å². The number of aromatic nitrogens is 2. The number of amides is 2. The van der Waals surface area contributed by atoms with Crippen LogP contribution in [0.2, 0.25) is 5.02 Å². The van der Waals surface area contributed by atoms with Crippen LogP contribution in [-0.2, 0) is 16.1 Å². The summed E-state index contributed by atoms with van der Waals surface area (Å²) in [6.45, 7) is 3.07. The number of para-hydroxylation sites is 2. The number of ether oxygens (including phenoxy) is 1. The van der Waals surface area contributed by atoms with E-state index in [0.29, 0.717) is 42.0 Å². The van der Waals surface area contributed by atoms with E-state index < -0.39 is 11.8 Å². The zero-order chi connectivity index (χ0) is 21.1. The largest absolute Gasteiger partial charge is 0.492 e. The molecule has 4 rings (SSSR count). The van der Waals surface area contributed by atoms with Crippen molar-refractivity contribution in [2.75, 3.05) is 24.6 Å². The lowest BCUT2D eigenvalue weighted by Gasteiger charge is -2.33. The number of piperazine rings is 1. The van der Waals surface area contributed by atoms with Crippen molar-refractivity contribution in [1.82, 2.24) is 15.0 Å². The molecule has 1 fully saturated rings. The first kappa shape index (κ1) is 19.9. The van der Waals surface area contributed by atoms with Crippen LogP contribution in [0.3, 0.4) is 0 Å². The third kappa shape index (κ3) is 3.99. The molecule has 2 amide bonds. The van der Waals surface area contributed by atoms with Crippen LogP contribution < -0.4 is 9.64 Å². The van der Waals surface area contributed by atoms with E-state index in [1.165, 1.54) is 9.80 Å². The summed E-state index contributed by atoms with van der Waals surface area (Å²) in [4.78, 5) is 32.6. The van der Waals surface area contributed by atoms with Crippen LogP contribution in [0.4, 0.5) is 5.69 Å². The highest BCUT2D eigenvalue weighted by molar-refractivity contribution is 6.41. The van der Waals surface area contributed by atoms with E-state index in [4.69, 9.17) is 20.9 Å². The standard InChI is InChI=1S/C21H19ClN4O4/c1-2-29-17-6-4-3-5-16(17)26-12-11-25(20(27)21(26)28)13-18-23-19(24-30-18)14-7-9-15(22)10-8-14/h3-10H,2,11-13H2,1H3. The van der Waals surface area contributed by atoms with Gasteiger partial charge in [0.25, 0.3) is 0 Å². The van der Waals surface area contributed by atoms with Gasteiger partial charge < -0.3 is 14.2 Å². The lowest BCUT2D eigenvalue weighted by molar-refractivity contribution is -0.146. The second-order valence-electron chi connectivity index (χ2n) is 6.60. The van der Waals surface area contributed by atoms with Gasteiger partial charge in [-0.3, -0.25) is 14.5 Å². The van der Waals surface area contributed by atoms with Gasteiger partial charge in [0.2, 0.25) is 11.7 Å². The molecule has 0 spiro atoms. The number of halogens is 1. The first-order valence-corrected chi connectivity index (χ1v) is 9.85. The van der Waals surface area contributed by atoms with E-state index in [9.17, 15) is 9.59 Å². The van der Waals surface area contributed by atoms with Gasteiger partial charge >= 0.3 is 11.8 Å². The van der Waals surface area contributed by atoms with Crippen LogP contribution in [0.15, 0.2) is 53.1 Å². The molecule has 0 bridgehead atoms. The normalized spacial score (nSPS) is 14.3. The summed E-state index contributed by atoms with van der Waals surface area (Å²) >= 11 is 5.89. The Balaban J connectivity index is 1.47. The number of anilines is 1. The maximum absolute atomic E-state index is 12.7. The molecule has 0 N–H and O–H groups in total. The van der Waals surface area contributed by atoms with Gasteiger partial charge in [-0.25, -0.2) is 0 Å². The summed E-state index contributed by atoms with van der Waals surface area (Å²) in [7, 11) is 0. The van der Waals surface area contributed by atoms with E-state index >= 15 is 0 Å². The van der Waals surface area contributed by atoms with Crippen LogP contribution in [-0.4, -0.2) is 46.6 Å². The summed E-state index contributed by atoms with van der Waals surface area (Å²) < 4.78 is 10.9. The van der Waals surface area contributed by atoms with Crippen LogP contribution in [0.1, 0.15) is 12.8 Å². The van der Waals surface area contributed by atoms with E-state index in [1.807, 2.05) is 13.0 Å². The molecule has 2 heterocycles. The second-order valence-corrected chi connectivity index (χ2v) is 7.04. The molecule has 0 radical (unpaired) electrons. The molecule has 0 saturated carbocycles. The van der Waals surface area contributed by atoms with E-state index in [1.54, 1.807) is 42.5 Å². The predicted octanol–water partition coefficient (Wildman–Crippen LogP) is 3.16. The second kappa shape index (κ2) is 8.54. The molecule has 9 heteroatoms. The molecule has 0 atom stereocenters. The van der Waals surface area contributed by atoms with Crippen molar-refractivity contribution in [2.24, 2.45) is 0 Å². The minimum Gasteiger partial charge on any atom is -0.492 e. The minimum absolute atomic E-state index is 0.0616. The zero-order valence-electron chi connectivity index (χ0n) is 16.2. The molecular formula is C21H19ClN4O4. The Morgan fingerprint density at radius 1 is 1.07 bits per heavy atom. The highest BCUT2D eigenvalue weighted by atomic mass is 35.5. The Morgan fingerprint density at radius 2 is 1.83 bits per heavy atom. The molecule has 0 aliphatic carbocycles. The Kier molecular flexibility index (Phi) is 5.67. The van der Waals surface area contributed by atoms with Crippen molar-refractivity contribution in [3.05, 3.63) is 59.4 Å². The molecule has 3 aromatic rings. The van der Waals surface area contributed by atoms with Crippen molar-refractivity contribution >= 4 is 29.1 Å². The fraction of sp³-hybridized carbons (Fsp3) is 0.238. The first-order valence-electron chi connectivity index (χ1n) is 9.48. The van der Waals surface area contributed by atoms with Crippen LogP contribution >= 0.6 is 11.6 Å². The SMILES string of the molecule is CCOc1ccccc1N1CCN(Cc2nc(-c3ccc(Cl)cc3)no2)C(=O)C1=O. The monoisotopic (exact) mass is 426 g/mol.